The van der Waals surface area contributed by atoms with Crippen molar-refractivity contribution in [2.45, 2.75) is 30.8 Å². The van der Waals surface area contributed by atoms with Crippen LogP contribution in [0.5, 0.6) is 5.75 Å². The highest BCUT2D eigenvalue weighted by Gasteiger charge is 2.28. The zero-order chi connectivity index (χ0) is 17.4. The van der Waals surface area contributed by atoms with Gasteiger partial charge in [-0.05, 0) is 36.3 Å². The van der Waals surface area contributed by atoms with Crippen molar-refractivity contribution in [3.8, 4) is 5.75 Å². The number of ether oxygens (including phenoxy) is 1. The molecule has 1 atom stereocenters. The van der Waals surface area contributed by atoms with Crippen LogP contribution < -0.4 is 15.4 Å². The number of thioether (sulfide) groups is 1. The smallest absolute Gasteiger partial charge is 0.422 e. The average molecular weight is 361 g/mol. The highest BCUT2D eigenvalue weighted by atomic mass is 32.2. The molecule has 8 heteroatoms. The van der Waals surface area contributed by atoms with Crippen molar-refractivity contribution < 1.29 is 17.9 Å². The van der Waals surface area contributed by atoms with Gasteiger partial charge in [-0.3, -0.25) is 4.99 Å². The minimum Gasteiger partial charge on any atom is -0.484 e. The summed E-state index contributed by atoms with van der Waals surface area (Å²) in [6, 6.07) is 6.61. The second-order valence-electron chi connectivity index (χ2n) is 5.49. The van der Waals surface area contributed by atoms with Crippen molar-refractivity contribution in [3.63, 3.8) is 0 Å². The van der Waals surface area contributed by atoms with E-state index < -0.39 is 12.8 Å². The van der Waals surface area contributed by atoms with Gasteiger partial charge in [0.1, 0.15) is 5.75 Å². The highest BCUT2D eigenvalue weighted by Crippen LogP contribution is 2.25. The van der Waals surface area contributed by atoms with Gasteiger partial charge in [0.05, 0.1) is 0 Å². The average Bonchev–Trinajstić information content (AvgIpc) is 3.06. The van der Waals surface area contributed by atoms with Crippen molar-refractivity contribution in [1.82, 2.24) is 10.6 Å². The van der Waals surface area contributed by atoms with E-state index in [9.17, 15) is 13.2 Å². The summed E-state index contributed by atoms with van der Waals surface area (Å²) < 4.78 is 41.3. The monoisotopic (exact) mass is 361 g/mol. The Labute approximate surface area is 144 Å². The number of hydrogen-bond donors (Lipinski definition) is 2. The molecule has 1 aromatic carbocycles. The first kappa shape index (κ1) is 18.8. The zero-order valence-corrected chi connectivity index (χ0v) is 14.3. The lowest BCUT2D eigenvalue weighted by Gasteiger charge is -2.15. The van der Waals surface area contributed by atoms with Gasteiger partial charge in [0.2, 0.25) is 0 Å². The number of hydrogen-bond acceptors (Lipinski definition) is 3. The van der Waals surface area contributed by atoms with Crippen LogP contribution in [-0.4, -0.2) is 43.3 Å². The van der Waals surface area contributed by atoms with Gasteiger partial charge >= 0.3 is 6.18 Å². The largest absolute Gasteiger partial charge is 0.484 e. The third-order valence-corrected chi connectivity index (χ3v) is 4.90. The standard InChI is InChI=1S/C16H22F3N3OS/c1-20-15(22-10-14-6-3-7-24-14)21-9-12-4-2-5-13(8-12)23-11-16(17,18)19/h2,4-5,8,14H,3,6-7,9-11H2,1H3,(H2,20,21,22). The molecule has 2 N–H and O–H groups in total. The molecular weight excluding hydrogens is 339 g/mol. The van der Waals surface area contributed by atoms with Crippen LogP contribution in [0.25, 0.3) is 0 Å². The summed E-state index contributed by atoms with van der Waals surface area (Å²) >= 11 is 1.96. The summed E-state index contributed by atoms with van der Waals surface area (Å²) in [7, 11) is 1.69. The second-order valence-corrected chi connectivity index (χ2v) is 6.90. The lowest BCUT2D eigenvalue weighted by molar-refractivity contribution is -0.153. The molecule has 24 heavy (non-hydrogen) atoms. The van der Waals surface area contributed by atoms with E-state index in [-0.39, 0.29) is 5.75 Å². The molecular formula is C16H22F3N3OS. The minimum atomic E-state index is -4.33. The first-order valence-corrected chi connectivity index (χ1v) is 8.86. The predicted octanol–water partition coefficient (Wildman–Crippen LogP) is 3.19. The molecule has 1 fully saturated rings. The van der Waals surface area contributed by atoms with Gasteiger partial charge in [-0.25, -0.2) is 0 Å². The summed E-state index contributed by atoms with van der Waals surface area (Å²) in [4.78, 5) is 4.16. The lowest BCUT2D eigenvalue weighted by atomic mass is 10.2. The SMILES string of the molecule is CN=C(NCc1cccc(OCC(F)(F)F)c1)NCC1CCCS1. The number of nitrogens with zero attached hydrogens (tertiary/aromatic N) is 1. The number of alkyl halides is 3. The van der Waals surface area contributed by atoms with Crippen LogP contribution in [0.1, 0.15) is 18.4 Å². The fourth-order valence-electron chi connectivity index (χ4n) is 2.33. The first-order chi connectivity index (χ1) is 11.5. The summed E-state index contributed by atoms with van der Waals surface area (Å²) in [6.07, 6.45) is -1.86. The molecule has 0 aromatic heterocycles. The maximum Gasteiger partial charge on any atom is 0.422 e. The number of halogens is 3. The van der Waals surface area contributed by atoms with Crippen LogP contribution in [0.3, 0.4) is 0 Å². The minimum absolute atomic E-state index is 0.205. The van der Waals surface area contributed by atoms with Gasteiger partial charge in [0, 0.05) is 25.4 Å². The Hall–Kier alpha value is -1.57. The normalized spacial score (nSPS) is 18.5. The molecule has 1 unspecified atom stereocenters. The molecule has 1 heterocycles. The Bertz CT molecular complexity index is 546. The van der Waals surface area contributed by atoms with Crippen LogP contribution >= 0.6 is 11.8 Å². The van der Waals surface area contributed by atoms with Gasteiger partial charge < -0.3 is 15.4 Å². The van der Waals surface area contributed by atoms with Gasteiger partial charge in [-0.2, -0.15) is 24.9 Å². The van der Waals surface area contributed by atoms with Gasteiger partial charge in [0.15, 0.2) is 12.6 Å². The molecule has 1 saturated heterocycles. The zero-order valence-electron chi connectivity index (χ0n) is 13.5. The second kappa shape index (κ2) is 9.05. The maximum absolute atomic E-state index is 12.2. The molecule has 0 saturated carbocycles. The summed E-state index contributed by atoms with van der Waals surface area (Å²) in [6.45, 7) is 0.0337. The van der Waals surface area contributed by atoms with Crippen molar-refractivity contribution in [3.05, 3.63) is 29.8 Å². The molecule has 1 aromatic rings. The van der Waals surface area contributed by atoms with Crippen LogP contribution in [0, 0.1) is 0 Å². The highest BCUT2D eigenvalue weighted by molar-refractivity contribution is 8.00. The molecule has 2 rings (SSSR count). The van der Waals surface area contributed by atoms with E-state index in [2.05, 4.69) is 15.6 Å². The molecule has 0 spiro atoms. The van der Waals surface area contributed by atoms with Crippen LogP contribution in [0.15, 0.2) is 29.3 Å². The summed E-state index contributed by atoms with van der Waals surface area (Å²) in [5.74, 6) is 2.10. The first-order valence-electron chi connectivity index (χ1n) is 7.81. The molecule has 1 aliphatic rings. The Morgan fingerprint density at radius 1 is 1.38 bits per heavy atom. The van der Waals surface area contributed by atoms with Crippen molar-refractivity contribution in [2.24, 2.45) is 4.99 Å². The van der Waals surface area contributed by atoms with Gasteiger partial charge in [-0.1, -0.05) is 12.1 Å². The van der Waals surface area contributed by atoms with Crippen molar-refractivity contribution >= 4 is 17.7 Å². The Balaban J connectivity index is 1.79. The predicted molar refractivity (Wildman–Crippen MR) is 91.7 cm³/mol. The lowest BCUT2D eigenvalue weighted by Crippen LogP contribution is -2.39. The summed E-state index contributed by atoms with van der Waals surface area (Å²) in [5.41, 5.74) is 0.827. The fraction of sp³-hybridized carbons (Fsp3) is 0.562. The van der Waals surface area contributed by atoms with E-state index in [4.69, 9.17) is 4.74 Å². The maximum atomic E-state index is 12.2. The topological polar surface area (TPSA) is 45.7 Å². The molecule has 4 nitrogen and oxygen atoms in total. The van der Waals surface area contributed by atoms with E-state index in [1.165, 1.54) is 24.7 Å². The Kier molecular flexibility index (Phi) is 7.08. The third kappa shape index (κ3) is 6.90. The number of rotatable bonds is 6. The molecule has 1 aliphatic heterocycles. The fourth-order valence-corrected chi connectivity index (χ4v) is 3.53. The number of guanidine groups is 1. The van der Waals surface area contributed by atoms with Crippen LogP contribution in [0.4, 0.5) is 13.2 Å². The third-order valence-electron chi connectivity index (χ3n) is 3.51. The number of benzene rings is 1. The molecule has 0 amide bonds. The van der Waals surface area contributed by atoms with Crippen molar-refractivity contribution in [1.29, 1.82) is 0 Å². The Morgan fingerprint density at radius 2 is 2.21 bits per heavy atom. The van der Waals surface area contributed by atoms with E-state index in [0.29, 0.717) is 17.8 Å². The van der Waals surface area contributed by atoms with E-state index >= 15 is 0 Å². The van der Waals surface area contributed by atoms with Crippen molar-refractivity contribution in [2.75, 3.05) is 26.0 Å². The molecule has 0 bridgehead atoms. The van der Waals surface area contributed by atoms with E-state index in [1.54, 1.807) is 19.2 Å². The summed E-state index contributed by atoms with van der Waals surface area (Å²) in [5, 5.41) is 7.05. The quantitative estimate of drug-likeness (QED) is 0.603. The number of nitrogens with one attached hydrogen (secondary N) is 2. The molecule has 134 valence electrons. The van der Waals surface area contributed by atoms with Crippen LogP contribution in [-0.2, 0) is 6.54 Å². The van der Waals surface area contributed by atoms with E-state index in [1.807, 2.05) is 17.8 Å². The van der Waals surface area contributed by atoms with E-state index in [0.717, 1.165) is 12.1 Å². The number of aliphatic imine (C=N–C) groups is 1. The molecule has 0 aliphatic carbocycles. The van der Waals surface area contributed by atoms with Gasteiger partial charge in [0.25, 0.3) is 0 Å². The Morgan fingerprint density at radius 3 is 2.88 bits per heavy atom. The van der Waals surface area contributed by atoms with Gasteiger partial charge in [-0.15, -0.1) is 0 Å². The van der Waals surface area contributed by atoms with Crippen LogP contribution in [0.2, 0.25) is 0 Å². The molecule has 0 radical (unpaired) electrons.